The first-order valence-corrected chi connectivity index (χ1v) is 12.7. The molecule has 0 bridgehead atoms. The van der Waals surface area contributed by atoms with E-state index in [1.807, 2.05) is 38.1 Å². The number of hydrogen-bond acceptors (Lipinski definition) is 2. The van der Waals surface area contributed by atoms with Crippen LogP contribution in [-0.4, -0.2) is 47.3 Å². The Hall–Kier alpha value is -4.26. The quantitative estimate of drug-likeness (QED) is 0.274. The molecule has 41 heavy (non-hydrogen) atoms. The van der Waals surface area contributed by atoms with Gasteiger partial charge in [-0.15, -0.1) is 0 Å². The van der Waals surface area contributed by atoms with Gasteiger partial charge < -0.3 is 9.80 Å². The van der Waals surface area contributed by atoms with Gasteiger partial charge in [-0.2, -0.15) is 26.3 Å². The molecule has 4 rings (SSSR count). The predicted octanol–water partition coefficient (Wildman–Crippen LogP) is 6.29. The van der Waals surface area contributed by atoms with E-state index in [1.54, 1.807) is 24.3 Å². The lowest BCUT2D eigenvalue weighted by molar-refractivity contribution is -0.143. The van der Waals surface area contributed by atoms with E-state index in [0.717, 1.165) is 16.7 Å². The number of benzene rings is 3. The average molecular weight is 573 g/mol. The molecule has 1 heterocycles. The zero-order chi connectivity index (χ0) is 29.9. The molecule has 4 nitrogen and oxygen atoms in total. The number of hydrogen-bond donors (Lipinski definition) is 0. The largest absolute Gasteiger partial charge is 0.416 e. The van der Waals surface area contributed by atoms with Gasteiger partial charge >= 0.3 is 12.4 Å². The second-order valence-electron chi connectivity index (χ2n) is 9.94. The number of halogens is 6. The average Bonchev–Trinajstić information content (AvgIpc) is 2.92. The number of nitrogens with zero attached hydrogens (tertiary/aromatic N) is 2. The third-order valence-corrected chi connectivity index (χ3v) is 7.00. The van der Waals surface area contributed by atoms with E-state index >= 15 is 0 Å². The van der Waals surface area contributed by atoms with Crippen LogP contribution < -0.4 is 0 Å². The zero-order valence-corrected chi connectivity index (χ0v) is 22.2. The molecule has 10 heteroatoms. The van der Waals surface area contributed by atoms with Crippen LogP contribution in [0.4, 0.5) is 26.3 Å². The molecule has 1 atom stereocenters. The Balaban J connectivity index is 1.67. The van der Waals surface area contributed by atoms with E-state index in [-0.39, 0.29) is 32.1 Å². The molecule has 0 spiro atoms. The zero-order valence-electron chi connectivity index (χ0n) is 22.2. The first-order chi connectivity index (χ1) is 19.2. The first kappa shape index (κ1) is 29.7. The lowest BCUT2D eigenvalue weighted by Gasteiger charge is -2.41. The van der Waals surface area contributed by atoms with E-state index in [9.17, 15) is 35.9 Å². The van der Waals surface area contributed by atoms with E-state index in [0.29, 0.717) is 17.7 Å². The molecule has 1 saturated heterocycles. The van der Waals surface area contributed by atoms with Gasteiger partial charge in [0.1, 0.15) is 0 Å². The van der Waals surface area contributed by atoms with Gasteiger partial charge in [0, 0.05) is 36.7 Å². The SMILES string of the molecule is Cc1ccc(CC2CN(C(=O)C#Cc3ccccc3)CCN2C(=O)c2cc(C(F)(F)F)cc(C(F)(F)F)c2)cc1C. The maximum atomic E-state index is 13.5. The molecular formula is C31H26F6N2O2. The van der Waals surface area contributed by atoms with Gasteiger partial charge in [-0.25, -0.2) is 0 Å². The molecule has 0 saturated carbocycles. The normalized spacial score (nSPS) is 15.8. The maximum absolute atomic E-state index is 13.5. The molecule has 2 amide bonds. The lowest BCUT2D eigenvalue weighted by Crippen LogP contribution is -2.57. The highest BCUT2D eigenvalue weighted by molar-refractivity contribution is 5.96. The van der Waals surface area contributed by atoms with Crippen molar-refractivity contribution in [1.82, 2.24) is 9.80 Å². The van der Waals surface area contributed by atoms with Gasteiger partial charge in [0.15, 0.2) is 0 Å². The van der Waals surface area contributed by atoms with Crippen molar-refractivity contribution < 1.29 is 35.9 Å². The topological polar surface area (TPSA) is 40.6 Å². The Labute approximate surface area is 233 Å². The van der Waals surface area contributed by atoms with Crippen molar-refractivity contribution >= 4 is 11.8 Å². The molecule has 0 N–H and O–H groups in total. The number of aryl methyl sites for hydroxylation is 2. The van der Waals surface area contributed by atoms with E-state index in [4.69, 9.17) is 0 Å². The summed E-state index contributed by atoms with van der Waals surface area (Å²) in [4.78, 5) is 29.1. The van der Waals surface area contributed by atoms with Gasteiger partial charge in [-0.1, -0.05) is 42.3 Å². The van der Waals surface area contributed by atoms with E-state index < -0.39 is 46.9 Å². The minimum absolute atomic E-state index is 0.00601. The number of piperazine rings is 1. The van der Waals surface area contributed by atoms with Crippen LogP contribution in [0.15, 0.2) is 66.7 Å². The monoisotopic (exact) mass is 572 g/mol. The van der Waals surface area contributed by atoms with Crippen molar-refractivity contribution in [2.24, 2.45) is 0 Å². The molecular weight excluding hydrogens is 546 g/mol. The number of rotatable bonds is 3. The van der Waals surface area contributed by atoms with Gasteiger partial charge in [0.2, 0.25) is 0 Å². The smallest absolute Gasteiger partial charge is 0.332 e. The molecule has 0 aromatic heterocycles. The Morgan fingerprint density at radius 1 is 0.829 bits per heavy atom. The van der Waals surface area contributed by atoms with Crippen molar-refractivity contribution in [2.75, 3.05) is 19.6 Å². The summed E-state index contributed by atoms with van der Waals surface area (Å²) in [7, 11) is 0. The number of carbonyl (C=O) groups excluding carboxylic acids is 2. The summed E-state index contributed by atoms with van der Waals surface area (Å²) < 4.78 is 80.8. The Morgan fingerprint density at radius 3 is 2.05 bits per heavy atom. The van der Waals surface area contributed by atoms with Crippen LogP contribution in [0.5, 0.6) is 0 Å². The van der Waals surface area contributed by atoms with Gasteiger partial charge in [0.25, 0.3) is 11.8 Å². The standard InChI is InChI=1S/C31H26F6N2O2/c1-20-8-9-23(14-21(20)2)15-27-19-38(28(40)11-10-22-6-4-3-5-7-22)12-13-39(27)29(41)24-16-25(30(32,33)34)18-26(17-24)31(35,36)37/h3-9,14,16-18,27H,12-13,15,19H2,1-2H3. The Kier molecular flexibility index (Phi) is 8.47. The van der Waals surface area contributed by atoms with Crippen molar-refractivity contribution in [3.63, 3.8) is 0 Å². The van der Waals surface area contributed by atoms with Crippen molar-refractivity contribution in [2.45, 2.75) is 38.7 Å². The van der Waals surface area contributed by atoms with Crippen LogP contribution in [0.3, 0.4) is 0 Å². The number of alkyl halides is 6. The second-order valence-corrected chi connectivity index (χ2v) is 9.94. The van der Waals surface area contributed by atoms with Crippen LogP contribution in [0.1, 0.15) is 43.7 Å². The highest BCUT2D eigenvalue weighted by Crippen LogP contribution is 2.37. The van der Waals surface area contributed by atoms with Gasteiger partial charge in [-0.05, 0) is 67.3 Å². The summed E-state index contributed by atoms with van der Waals surface area (Å²) in [5.41, 5.74) is -0.405. The highest BCUT2D eigenvalue weighted by Gasteiger charge is 2.39. The predicted molar refractivity (Wildman–Crippen MR) is 141 cm³/mol. The molecule has 1 aliphatic rings. The molecule has 214 valence electrons. The third kappa shape index (κ3) is 7.28. The minimum atomic E-state index is -5.09. The van der Waals surface area contributed by atoms with Crippen molar-refractivity contribution in [3.8, 4) is 11.8 Å². The summed E-state index contributed by atoms with van der Waals surface area (Å²) in [6.45, 7) is 3.76. The molecule has 1 fully saturated rings. The fraction of sp³-hybridized carbons (Fsp3) is 0.290. The van der Waals surface area contributed by atoms with Crippen LogP contribution in [0.25, 0.3) is 0 Å². The van der Waals surface area contributed by atoms with Crippen LogP contribution in [0.2, 0.25) is 0 Å². The third-order valence-electron chi connectivity index (χ3n) is 7.00. The van der Waals surface area contributed by atoms with Crippen molar-refractivity contribution in [1.29, 1.82) is 0 Å². The van der Waals surface area contributed by atoms with E-state index in [1.165, 1.54) is 9.80 Å². The minimum Gasteiger partial charge on any atom is -0.332 e. The first-order valence-electron chi connectivity index (χ1n) is 12.7. The van der Waals surface area contributed by atoms with Crippen LogP contribution in [-0.2, 0) is 23.6 Å². The molecule has 1 unspecified atom stereocenters. The lowest BCUT2D eigenvalue weighted by atomic mass is 9.97. The molecule has 3 aromatic carbocycles. The second kappa shape index (κ2) is 11.7. The van der Waals surface area contributed by atoms with Crippen LogP contribution in [0, 0.1) is 25.7 Å². The molecule has 0 radical (unpaired) electrons. The fourth-order valence-electron chi connectivity index (χ4n) is 4.65. The highest BCUT2D eigenvalue weighted by atomic mass is 19.4. The number of amides is 2. The Morgan fingerprint density at radius 2 is 1.46 bits per heavy atom. The number of carbonyl (C=O) groups is 2. The van der Waals surface area contributed by atoms with E-state index in [2.05, 4.69) is 11.8 Å². The molecule has 3 aromatic rings. The fourth-order valence-corrected chi connectivity index (χ4v) is 4.65. The summed E-state index contributed by atoms with van der Waals surface area (Å²) in [5.74, 6) is 3.89. The summed E-state index contributed by atoms with van der Waals surface area (Å²) >= 11 is 0. The van der Waals surface area contributed by atoms with Gasteiger partial charge in [0.05, 0.1) is 17.2 Å². The summed E-state index contributed by atoms with van der Waals surface area (Å²) in [6, 6.07) is 14.6. The maximum Gasteiger partial charge on any atom is 0.416 e. The Bertz CT molecular complexity index is 1470. The van der Waals surface area contributed by atoms with Gasteiger partial charge in [-0.3, -0.25) is 9.59 Å². The van der Waals surface area contributed by atoms with Crippen LogP contribution >= 0.6 is 0 Å². The summed E-state index contributed by atoms with van der Waals surface area (Å²) in [5, 5.41) is 0. The van der Waals surface area contributed by atoms with Crippen molar-refractivity contribution in [3.05, 3.63) is 106 Å². The molecule has 0 aliphatic carbocycles. The summed E-state index contributed by atoms with van der Waals surface area (Å²) in [6.07, 6.45) is -9.94. The molecule has 1 aliphatic heterocycles.